The van der Waals surface area contributed by atoms with Gasteiger partial charge < -0.3 is 18.9 Å². The summed E-state index contributed by atoms with van der Waals surface area (Å²) >= 11 is 3.99. The van der Waals surface area contributed by atoms with Crippen LogP contribution in [0.25, 0.3) is 0 Å². The number of hydrogen-bond donors (Lipinski definition) is 4. The Kier molecular flexibility index (Phi) is 27.6. The van der Waals surface area contributed by atoms with Gasteiger partial charge in [0.2, 0.25) is 0 Å². The zero-order chi connectivity index (χ0) is 34.9. The number of carbonyl (C=O) groups excluding carboxylic acids is 4. The maximum atomic E-state index is 11.1. The van der Waals surface area contributed by atoms with Crippen LogP contribution in [0.5, 0.6) is 0 Å². The zero-order valence-electron chi connectivity index (χ0n) is 26.4. The number of methoxy groups -OCH3 is 4. The molecule has 256 valence electrons. The minimum Gasteiger partial charge on any atom is -0.453 e. The summed E-state index contributed by atoms with van der Waals surface area (Å²) in [6.45, 7) is 0. The lowest BCUT2D eigenvalue weighted by atomic mass is 10.0. The highest BCUT2D eigenvalue weighted by molar-refractivity contribution is 14.2. The molecule has 3 aromatic carbocycles. The van der Waals surface area contributed by atoms with Gasteiger partial charge in [0, 0.05) is 24.1 Å². The van der Waals surface area contributed by atoms with E-state index in [0.717, 1.165) is 17.5 Å². The number of carbonyl (C=O) groups is 4. The number of ether oxygens (including phenoxy) is 4. The third kappa shape index (κ3) is 21.7. The molecule has 0 radical (unpaired) electrons. The van der Waals surface area contributed by atoms with Crippen LogP contribution in [0.15, 0.2) is 72.8 Å². The molecule has 0 aliphatic carbocycles. The Morgan fingerprint density at radius 2 is 0.804 bits per heavy atom. The number of amides is 4. The van der Waals surface area contributed by atoms with E-state index in [1.165, 1.54) is 28.4 Å². The van der Waals surface area contributed by atoms with E-state index in [1.54, 1.807) is 24.3 Å². The van der Waals surface area contributed by atoms with Crippen LogP contribution in [0, 0.1) is 0 Å². The van der Waals surface area contributed by atoms with Crippen molar-refractivity contribution < 1.29 is 39.5 Å². The van der Waals surface area contributed by atoms with Gasteiger partial charge in [-0.25, -0.2) is 19.2 Å². The summed E-state index contributed by atoms with van der Waals surface area (Å²) in [7, 11) is 7.58. The normalized spacial score (nSPS) is 9.89. The highest BCUT2D eigenvalue weighted by Gasteiger charge is 2.04. The van der Waals surface area contributed by atoms with Crippen molar-refractivity contribution >= 4 is 107 Å². The number of alkyl halides is 1. The second kappa shape index (κ2) is 29.5. The van der Waals surface area contributed by atoms with Crippen molar-refractivity contribution in [1.82, 2.24) is 0 Å². The Morgan fingerprint density at radius 1 is 0.630 bits per heavy atom. The molecule has 0 bridgehead atoms. The first-order valence-electron chi connectivity index (χ1n) is 13.3. The summed E-state index contributed by atoms with van der Waals surface area (Å²) in [6.07, 6.45) is -1.34. The molecule has 16 heteroatoms. The number of nitrogens with one attached hydrogen (secondary N) is 4. The number of rotatable bonds is 6. The van der Waals surface area contributed by atoms with Gasteiger partial charge in [-0.2, -0.15) is 0 Å². The first-order valence-corrected chi connectivity index (χ1v) is 19.0. The molecule has 0 fully saturated rings. The molecule has 4 amide bonds. The summed E-state index contributed by atoms with van der Waals surface area (Å²) < 4.78 is 30.7. The van der Waals surface area contributed by atoms with Gasteiger partial charge in [-0.05, 0) is 76.8 Å². The Bertz CT molecular complexity index is 1230. The Morgan fingerprint density at radius 3 is 0.978 bits per heavy atom. The van der Waals surface area contributed by atoms with Crippen LogP contribution < -0.4 is 21.3 Å². The quantitative estimate of drug-likeness (QED) is 0.0826. The predicted molar refractivity (Wildman–Crippen MR) is 212 cm³/mol. The molecule has 0 aliphatic rings. The van der Waals surface area contributed by atoms with Crippen LogP contribution in [0.3, 0.4) is 0 Å². The fourth-order valence-electron chi connectivity index (χ4n) is 2.96. The van der Waals surface area contributed by atoms with E-state index in [0.29, 0.717) is 27.7 Å². The van der Waals surface area contributed by atoms with Crippen molar-refractivity contribution in [2.24, 2.45) is 0 Å². The topological polar surface area (TPSA) is 153 Å². The third-order valence-corrected chi connectivity index (χ3v) is 4.93. The second-order valence-corrected chi connectivity index (χ2v) is 13.5. The molecule has 2 unspecified atom stereocenters. The van der Waals surface area contributed by atoms with Crippen molar-refractivity contribution in [3.8, 4) is 0 Å². The SMILES string of the molecule is C.C.COC(=O)Nc1ccc(Cc2ccc(NC(=O)OC)cc2)cc1.COC(=O)Nc1ccc(NC(=O)OC)cc1.[2H]CI.[2H]P(P)I. The molecule has 0 spiro atoms. The number of halogens is 2. The van der Waals surface area contributed by atoms with Gasteiger partial charge >= 0.3 is 24.4 Å². The van der Waals surface area contributed by atoms with Crippen molar-refractivity contribution in [3.05, 3.63) is 83.9 Å². The largest absolute Gasteiger partial charge is 0.453 e. The standard InChI is InChI=1S/C17H18N2O4.C10H12N2O4.CH3I.2CH4.H3IP2/c1-22-16(20)18-14-7-3-12(4-8-14)11-13-5-9-15(10-6-13)19-17(21)23-2;1-15-9(13)11-7-3-5-8(6-4-7)12-10(14)16-2;1-2;;;1-3-2/h3-10H,11H2,1-2H3,(H,18,20)(H,19,21);3-6H,1-2H3,(H,11,13)(H,12,14);1H3;2*1H4;3H,2H2/i;;1D;;;3D. The molecule has 3 rings (SSSR count). The molecular weight excluding hydrogens is 860 g/mol. The fourth-order valence-corrected chi connectivity index (χ4v) is 2.96. The summed E-state index contributed by atoms with van der Waals surface area (Å²) in [5.74, 6) is -0.484. The summed E-state index contributed by atoms with van der Waals surface area (Å²) in [6, 6.07) is 21.5. The highest BCUT2D eigenvalue weighted by Crippen LogP contribution is 2.28. The molecule has 2 atom stereocenters. The monoisotopic (exact) mass is 906 g/mol. The minimum atomic E-state index is -0.548. The molecule has 4 N–H and O–H groups in total. The van der Waals surface area contributed by atoms with E-state index in [9.17, 15) is 19.2 Å². The lowest BCUT2D eigenvalue weighted by Gasteiger charge is -2.07. The Labute approximate surface area is 305 Å². The van der Waals surface area contributed by atoms with E-state index < -0.39 is 30.2 Å². The molecular formula is C30H44I2N4O8P2. The van der Waals surface area contributed by atoms with Crippen LogP contribution in [0.4, 0.5) is 41.9 Å². The van der Waals surface area contributed by atoms with Crippen molar-refractivity contribution in [2.75, 3.05) is 54.6 Å². The van der Waals surface area contributed by atoms with E-state index >= 15 is 0 Å². The summed E-state index contributed by atoms with van der Waals surface area (Å²) in [4.78, 5) is 44.4. The smallest absolute Gasteiger partial charge is 0.411 e. The van der Waals surface area contributed by atoms with Crippen LogP contribution in [-0.4, -0.2) is 59.0 Å². The van der Waals surface area contributed by atoms with Crippen LogP contribution >= 0.6 is 59.4 Å². The van der Waals surface area contributed by atoms with E-state index in [-0.39, 0.29) is 14.9 Å². The average molecular weight is 906 g/mol. The first-order chi connectivity index (χ1) is 21.9. The third-order valence-electron chi connectivity index (χ3n) is 4.93. The van der Waals surface area contributed by atoms with Crippen LogP contribution in [0.1, 0.15) is 27.4 Å². The van der Waals surface area contributed by atoms with E-state index in [2.05, 4.69) is 49.1 Å². The molecule has 0 saturated carbocycles. The Hall–Kier alpha value is -2.94. The lowest BCUT2D eigenvalue weighted by molar-refractivity contribution is 0.186. The molecule has 0 saturated heterocycles. The van der Waals surface area contributed by atoms with Gasteiger partial charge in [0.15, 0.2) is 0 Å². The van der Waals surface area contributed by atoms with Crippen molar-refractivity contribution in [1.29, 1.82) is 1.28 Å². The maximum Gasteiger partial charge on any atom is 0.411 e. The molecule has 12 nitrogen and oxygen atoms in total. The van der Waals surface area contributed by atoms with E-state index in [1.807, 2.05) is 93.2 Å². The fraction of sp³-hybridized carbons (Fsp3) is 0.267. The van der Waals surface area contributed by atoms with Crippen molar-refractivity contribution in [2.45, 2.75) is 21.3 Å². The first kappa shape index (κ1) is 43.1. The predicted octanol–water partition coefficient (Wildman–Crippen LogP) is 9.81. The van der Waals surface area contributed by atoms with Crippen LogP contribution in [0.2, 0.25) is 0 Å². The van der Waals surface area contributed by atoms with Crippen LogP contribution in [-0.2, 0) is 25.4 Å². The Balaban J connectivity index is -0.000000708. The number of benzene rings is 3. The van der Waals surface area contributed by atoms with E-state index in [4.69, 9.17) is 2.65 Å². The lowest BCUT2D eigenvalue weighted by Crippen LogP contribution is -2.12. The molecule has 0 heterocycles. The maximum absolute atomic E-state index is 11.1. The molecule has 0 aliphatic heterocycles. The van der Waals surface area contributed by atoms with Gasteiger partial charge in [-0.15, -0.1) is 8.93 Å². The molecule has 46 heavy (non-hydrogen) atoms. The van der Waals surface area contributed by atoms with Gasteiger partial charge in [0.1, 0.15) is 0 Å². The summed E-state index contributed by atoms with van der Waals surface area (Å²) in [5.41, 5.74) is 4.71. The highest BCUT2D eigenvalue weighted by atomic mass is 127. The minimum absolute atomic E-state index is 0. The van der Waals surface area contributed by atoms with Gasteiger partial charge in [0.05, 0.1) is 29.7 Å². The van der Waals surface area contributed by atoms with Gasteiger partial charge in [-0.3, -0.25) is 21.3 Å². The van der Waals surface area contributed by atoms with Crippen molar-refractivity contribution in [3.63, 3.8) is 0 Å². The zero-order valence-corrected chi connectivity index (χ0v) is 30.8. The summed E-state index contributed by atoms with van der Waals surface area (Å²) in [5, 5.41) is 10.2. The number of hydrogen-bond acceptors (Lipinski definition) is 8. The van der Waals surface area contributed by atoms with Gasteiger partial charge in [0.25, 0.3) is 0 Å². The molecule has 0 aromatic heterocycles. The second-order valence-electron chi connectivity index (χ2n) is 7.71. The molecule has 3 aromatic rings. The number of anilines is 4. The average Bonchev–Trinajstić information content (AvgIpc) is 3.04. The van der Waals surface area contributed by atoms with Gasteiger partial charge in [-0.1, -0.05) is 83.8 Å².